The monoisotopic (exact) mass is 761 g/mol. The molecular weight excluding hydrogens is 677 g/mol. The summed E-state index contributed by atoms with van der Waals surface area (Å²) >= 11 is 0. The van der Waals surface area contributed by atoms with Crippen molar-refractivity contribution < 1.29 is 28.6 Å². The number of alkyl carbamates (subject to hydrolysis) is 1. The van der Waals surface area contributed by atoms with Crippen molar-refractivity contribution >= 4 is 18.0 Å². The van der Waals surface area contributed by atoms with E-state index in [2.05, 4.69) is 48.4 Å². The van der Waals surface area contributed by atoms with Crippen LogP contribution in [0.4, 0.5) is 4.79 Å². The number of esters is 2. The van der Waals surface area contributed by atoms with Crippen LogP contribution in [0, 0.1) is 0 Å². The largest absolute Gasteiger partial charge is 0.462 e. The molecule has 1 amide bonds. The molecule has 8 nitrogen and oxygen atoms in total. The van der Waals surface area contributed by atoms with Crippen molar-refractivity contribution in [3.63, 3.8) is 0 Å². The maximum atomic E-state index is 12.7. The maximum Gasteiger partial charge on any atom is 0.407 e. The highest BCUT2D eigenvalue weighted by atomic mass is 16.6. The van der Waals surface area contributed by atoms with Gasteiger partial charge in [-0.15, -0.1) is 0 Å². The summed E-state index contributed by atoms with van der Waals surface area (Å²) in [6, 6.07) is 0. The summed E-state index contributed by atoms with van der Waals surface area (Å²) in [5.41, 5.74) is 0. The van der Waals surface area contributed by atoms with Crippen LogP contribution in [0.5, 0.6) is 0 Å². The van der Waals surface area contributed by atoms with E-state index < -0.39 is 12.2 Å². The molecule has 1 fully saturated rings. The van der Waals surface area contributed by atoms with E-state index in [4.69, 9.17) is 14.2 Å². The highest BCUT2D eigenvalue weighted by molar-refractivity contribution is 5.70. The molecule has 1 atom stereocenters. The Morgan fingerprint density at radius 3 is 1.46 bits per heavy atom. The molecular formula is C46H84N2O6. The highest BCUT2D eigenvalue weighted by Crippen LogP contribution is 2.13. The van der Waals surface area contributed by atoms with E-state index in [0.717, 1.165) is 77.4 Å². The Kier molecular flexibility index (Phi) is 35.8. The SMILES string of the molecule is CCCCCCCC/C=C\CCCCCCCC(=O)OCC(CNC(=O)OCCN1CCCC1)OC(=O)CCCCCCC/C=C\CCCCCCCC. The summed E-state index contributed by atoms with van der Waals surface area (Å²) in [5, 5.41) is 2.70. The molecule has 1 rings (SSSR count). The van der Waals surface area contributed by atoms with Crippen molar-refractivity contribution in [2.75, 3.05) is 39.4 Å². The average Bonchev–Trinajstić information content (AvgIpc) is 3.69. The van der Waals surface area contributed by atoms with Crippen LogP contribution in [-0.4, -0.2) is 68.4 Å². The minimum absolute atomic E-state index is 0.0430. The lowest BCUT2D eigenvalue weighted by atomic mass is 10.1. The molecule has 0 bridgehead atoms. The number of nitrogens with zero attached hydrogens (tertiary/aromatic N) is 1. The van der Waals surface area contributed by atoms with Gasteiger partial charge in [-0.3, -0.25) is 14.5 Å². The Labute approximate surface area is 332 Å². The van der Waals surface area contributed by atoms with Crippen LogP contribution >= 0.6 is 0 Å². The van der Waals surface area contributed by atoms with Crippen molar-refractivity contribution in [2.24, 2.45) is 0 Å². The first-order valence-corrected chi connectivity index (χ1v) is 22.8. The van der Waals surface area contributed by atoms with Gasteiger partial charge in [-0.1, -0.05) is 141 Å². The number of hydrogen-bond acceptors (Lipinski definition) is 7. The third kappa shape index (κ3) is 34.2. The zero-order valence-electron chi connectivity index (χ0n) is 35.2. The number of hydrogen-bond donors (Lipinski definition) is 1. The summed E-state index contributed by atoms with van der Waals surface area (Å²) in [5.74, 6) is -0.616. The third-order valence-electron chi connectivity index (χ3n) is 10.3. The number of likely N-dealkylation sites (tertiary alicyclic amines) is 1. The minimum Gasteiger partial charge on any atom is -0.462 e. The van der Waals surface area contributed by atoms with Crippen LogP contribution in [0.15, 0.2) is 24.3 Å². The Balaban J connectivity index is 2.23. The van der Waals surface area contributed by atoms with Gasteiger partial charge in [-0.25, -0.2) is 4.79 Å². The van der Waals surface area contributed by atoms with Crippen LogP contribution in [-0.2, 0) is 23.8 Å². The highest BCUT2D eigenvalue weighted by Gasteiger charge is 2.19. The molecule has 0 aliphatic carbocycles. The van der Waals surface area contributed by atoms with Crippen molar-refractivity contribution in [3.8, 4) is 0 Å². The molecule has 1 saturated heterocycles. The quantitative estimate of drug-likeness (QED) is 0.0290. The Bertz CT molecular complexity index is 932. The number of unbranched alkanes of at least 4 members (excludes halogenated alkanes) is 22. The van der Waals surface area contributed by atoms with Crippen molar-refractivity contribution in [1.82, 2.24) is 10.2 Å². The van der Waals surface area contributed by atoms with Crippen molar-refractivity contribution in [2.45, 2.75) is 213 Å². The molecule has 8 heteroatoms. The lowest BCUT2D eigenvalue weighted by Gasteiger charge is -2.19. The Morgan fingerprint density at radius 1 is 0.556 bits per heavy atom. The molecule has 1 N–H and O–H groups in total. The zero-order chi connectivity index (χ0) is 39.0. The second-order valence-electron chi connectivity index (χ2n) is 15.5. The molecule has 0 aromatic carbocycles. The summed E-state index contributed by atoms with van der Waals surface area (Å²) in [7, 11) is 0. The summed E-state index contributed by atoms with van der Waals surface area (Å²) in [6.07, 6.45) is 42.3. The standard InChI is InChI=1S/C46H84N2O6/c1-3-5-7-9-11-13-15-17-19-21-23-25-27-29-31-35-44(49)53-42-43(41-47-46(51)52-40-39-48-37-33-34-38-48)54-45(50)36-32-30-28-26-24-22-20-18-16-14-12-10-8-6-4-2/h17-20,43H,3-16,21-42H2,1-2H3,(H,47,51)/b19-17-,20-18-. The van der Waals surface area contributed by atoms with Crippen LogP contribution in [0.25, 0.3) is 0 Å². The molecule has 1 heterocycles. The van der Waals surface area contributed by atoms with Crippen molar-refractivity contribution in [1.29, 1.82) is 0 Å². The van der Waals surface area contributed by atoms with Gasteiger partial charge >= 0.3 is 18.0 Å². The van der Waals surface area contributed by atoms with E-state index in [9.17, 15) is 14.4 Å². The van der Waals surface area contributed by atoms with Crippen LogP contribution < -0.4 is 5.32 Å². The minimum atomic E-state index is -0.746. The van der Waals surface area contributed by atoms with Crippen molar-refractivity contribution in [3.05, 3.63) is 24.3 Å². The number of carbonyl (C=O) groups is 3. The Morgan fingerprint density at radius 2 is 0.981 bits per heavy atom. The molecule has 0 spiro atoms. The normalized spacial score (nSPS) is 13.9. The van der Waals surface area contributed by atoms with E-state index >= 15 is 0 Å². The lowest BCUT2D eigenvalue weighted by molar-refractivity contribution is -0.158. The number of carbonyl (C=O) groups excluding carboxylic acids is 3. The van der Waals surface area contributed by atoms with E-state index in [-0.39, 0.29) is 25.1 Å². The van der Waals surface area contributed by atoms with E-state index in [1.807, 2.05) is 0 Å². The van der Waals surface area contributed by atoms with Crippen LogP contribution in [0.1, 0.15) is 206 Å². The number of ether oxygens (including phenoxy) is 3. The summed E-state index contributed by atoms with van der Waals surface area (Å²) in [4.78, 5) is 39.8. The predicted octanol–water partition coefficient (Wildman–Crippen LogP) is 12.3. The van der Waals surface area contributed by atoms with Gasteiger partial charge in [-0.05, 0) is 90.1 Å². The second-order valence-corrected chi connectivity index (χ2v) is 15.5. The molecule has 314 valence electrons. The fourth-order valence-corrected chi connectivity index (χ4v) is 6.84. The predicted molar refractivity (Wildman–Crippen MR) is 225 cm³/mol. The van der Waals surface area contributed by atoms with Gasteiger partial charge in [0, 0.05) is 19.4 Å². The van der Waals surface area contributed by atoms with Gasteiger partial charge in [0.2, 0.25) is 0 Å². The molecule has 0 aromatic heterocycles. The lowest BCUT2D eigenvalue weighted by Crippen LogP contribution is -2.39. The molecule has 0 aromatic rings. The smallest absolute Gasteiger partial charge is 0.407 e. The first-order valence-electron chi connectivity index (χ1n) is 22.8. The molecule has 1 aliphatic heterocycles. The van der Waals surface area contributed by atoms with E-state index in [0.29, 0.717) is 19.4 Å². The van der Waals surface area contributed by atoms with Gasteiger partial charge in [-0.2, -0.15) is 0 Å². The summed E-state index contributed by atoms with van der Waals surface area (Å²) in [6.45, 7) is 7.61. The molecule has 54 heavy (non-hydrogen) atoms. The maximum absolute atomic E-state index is 12.7. The van der Waals surface area contributed by atoms with E-state index in [1.54, 1.807) is 0 Å². The van der Waals surface area contributed by atoms with Gasteiger partial charge in [0.1, 0.15) is 13.2 Å². The number of nitrogens with one attached hydrogen (secondary N) is 1. The Hall–Kier alpha value is -2.35. The number of amides is 1. The summed E-state index contributed by atoms with van der Waals surface area (Å²) < 4.78 is 16.5. The molecule has 1 unspecified atom stereocenters. The van der Waals surface area contributed by atoms with Crippen LogP contribution in [0.3, 0.4) is 0 Å². The van der Waals surface area contributed by atoms with E-state index in [1.165, 1.54) is 122 Å². The molecule has 0 radical (unpaired) electrons. The van der Waals surface area contributed by atoms with Gasteiger partial charge in [0.15, 0.2) is 6.10 Å². The van der Waals surface area contributed by atoms with Crippen LogP contribution in [0.2, 0.25) is 0 Å². The zero-order valence-corrected chi connectivity index (χ0v) is 35.2. The second kappa shape index (κ2) is 38.9. The fraction of sp³-hybridized carbons (Fsp3) is 0.848. The fourth-order valence-electron chi connectivity index (χ4n) is 6.84. The molecule has 1 aliphatic rings. The van der Waals surface area contributed by atoms with Gasteiger partial charge in [0.05, 0.1) is 6.54 Å². The first-order chi connectivity index (χ1) is 26.5. The molecule has 0 saturated carbocycles. The third-order valence-corrected chi connectivity index (χ3v) is 10.3. The average molecular weight is 761 g/mol. The number of rotatable bonds is 38. The van der Waals surface area contributed by atoms with Gasteiger partial charge in [0.25, 0.3) is 0 Å². The topological polar surface area (TPSA) is 94.2 Å². The number of allylic oxidation sites excluding steroid dienone is 4. The van der Waals surface area contributed by atoms with Gasteiger partial charge < -0.3 is 19.5 Å². The first kappa shape index (κ1) is 49.7.